The molecule has 1 rings (SSSR count). The fourth-order valence-corrected chi connectivity index (χ4v) is 2.43. The van der Waals surface area contributed by atoms with Crippen LogP contribution in [0.5, 0.6) is 0 Å². The lowest BCUT2D eigenvalue weighted by Crippen LogP contribution is -2.30. The van der Waals surface area contributed by atoms with Gasteiger partial charge in [-0.2, -0.15) is 0 Å². The summed E-state index contributed by atoms with van der Waals surface area (Å²) in [6, 6.07) is 4.25. The molecule has 1 heterocycles. The smallest absolute Gasteiger partial charge is 0.0678 e. The first-order valence-corrected chi connectivity index (χ1v) is 5.58. The van der Waals surface area contributed by atoms with Gasteiger partial charge < -0.3 is 4.74 Å². The van der Waals surface area contributed by atoms with Crippen LogP contribution >= 0.6 is 11.3 Å². The third kappa shape index (κ3) is 3.92. The number of rotatable bonds is 4. The standard InChI is InChI=1S/C11H18OS/c1-9(2)12-11(3,4)8-10-6-5-7-13-10/h5-7,9H,8H2,1-4H3. The summed E-state index contributed by atoms with van der Waals surface area (Å²) >= 11 is 1.80. The van der Waals surface area contributed by atoms with Gasteiger partial charge in [0.05, 0.1) is 11.7 Å². The summed E-state index contributed by atoms with van der Waals surface area (Å²) in [7, 11) is 0. The average molecular weight is 198 g/mol. The molecule has 0 radical (unpaired) electrons. The monoisotopic (exact) mass is 198 g/mol. The molecule has 0 aromatic carbocycles. The molecule has 0 N–H and O–H groups in total. The average Bonchev–Trinajstić information content (AvgIpc) is 2.34. The Labute approximate surface area is 84.7 Å². The molecule has 1 aromatic heterocycles. The zero-order valence-corrected chi connectivity index (χ0v) is 9.65. The van der Waals surface area contributed by atoms with Crippen molar-refractivity contribution in [2.24, 2.45) is 0 Å². The van der Waals surface area contributed by atoms with Crippen LogP contribution in [-0.4, -0.2) is 11.7 Å². The Kier molecular flexibility index (Phi) is 3.51. The Bertz CT molecular complexity index is 237. The lowest BCUT2D eigenvalue weighted by Gasteiger charge is -2.27. The van der Waals surface area contributed by atoms with Gasteiger partial charge in [-0.25, -0.2) is 0 Å². The van der Waals surface area contributed by atoms with E-state index < -0.39 is 0 Å². The molecule has 13 heavy (non-hydrogen) atoms. The lowest BCUT2D eigenvalue weighted by atomic mass is 10.0. The Morgan fingerprint density at radius 1 is 1.46 bits per heavy atom. The minimum Gasteiger partial charge on any atom is -0.373 e. The molecule has 74 valence electrons. The van der Waals surface area contributed by atoms with E-state index in [1.165, 1.54) is 4.88 Å². The maximum Gasteiger partial charge on any atom is 0.0678 e. The summed E-state index contributed by atoms with van der Waals surface area (Å²) in [5, 5.41) is 2.11. The highest BCUT2D eigenvalue weighted by molar-refractivity contribution is 7.09. The predicted octanol–water partition coefficient (Wildman–Crippen LogP) is 3.49. The molecule has 0 aliphatic heterocycles. The number of thiophene rings is 1. The highest BCUT2D eigenvalue weighted by Crippen LogP contribution is 2.21. The second-order valence-electron chi connectivity index (χ2n) is 4.18. The molecule has 1 aromatic rings. The number of hydrogen-bond donors (Lipinski definition) is 0. The second-order valence-corrected chi connectivity index (χ2v) is 5.21. The zero-order chi connectivity index (χ0) is 9.90. The fraction of sp³-hybridized carbons (Fsp3) is 0.636. The maximum atomic E-state index is 5.82. The van der Waals surface area contributed by atoms with Crippen molar-refractivity contribution in [3.63, 3.8) is 0 Å². The first kappa shape index (κ1) is 10.7. The maximum absolute atomic E-state index is 5.82. The van der Waals surface area contributed by atoms with E-state index in [0.717, 1.165) is 6.42 Å². The largest absolute Gasteiger partial charge is 0.373 e. The molecule has 1 nitrogen and oxygen atoms in total. The second kappa shape index (κ2) is 4.25. The van der Waals surface area contributed by atoms with E-state index in [9.17, 15) is 0 Å². The van der Waals surface area contributed by atoms with Gasteiger partial charge in [-0.05, 0) is 39.1 Å². The molecule has 0 unspecified atom stereocenters. The van der Waals surface area contributed by atoms with Crippen molar-refractivity contribution in [1.82, 2.24) is 0 Å². The molecule has 0 spiro atoms. The summed E-state index contributed by atoms with van der Waals surface area (Å²) in [5.41, 5.74) is -0.0426. The molecule has 0 saturated carbocycles. The molecule has 0 atom stereocenters. The minimum absolute atomic E-state index is 0.0426. The van der Waals surface area contributed by atoms with Crippen LogP contribution in [0.2, 0.25) is 0 Å². The normalized spacial score (nSPS) is 12.4. The van der Waals surface area contributed by atoms with Gasteiger partial charge in [0.15, 0.2) is 0 Å². The van der Waals surface area contributed by atoms with Crippen molar-refractivity contribution < 1.29 is 4.74 Å². The van der Waals surface area contributed by atoms with Gasteiger partial charge in [-0.15, -0.1) is 11.3 Å². The molecule has 0 amide bonds. The quantitative estimate of drug-likeness (QED) is 0.719. The summed E-state index contributed by atoms with van der Waals surface area (Å²) < 4.78 is 5.82. The van der Waals surface area contributed by atoms with Crippen LogP contribution in [0.4, 0.5) is 0 Å². The zero-order valence-electron chi connectivity index (χ0n) is 8.83. The lowest BCUT2D eigenvalue weighted by molar-refractivity contribution is -0.0542. The molecule has 0 saturated heterocycles. The van der Waals surface area contributed by atoms with Crippen molar-refractivity contribution in [3.05, 3.63) is 22.4 Å². The highest BCUT2D eigenvalue weighted by atomic mass is 32.1. The fourth-order valence-electron chi connectivity index (χ4n) is 1.51. The molecule has 2 heteroatoms. The SMILES string of the molecule is CC(C)OC(C)(C)Cc1cccs1. The van der Waals surface area contributed by atoms with E-state index >= 15 is 0 Å². The van der Waals surface area contributed by atoms with Crippen LogP contribution in [-0.2, 0) is 11.2 Å². The molecule has 0 aliphatic carbocycles. The van der Waals surface area contributed by atoms with Gasteiger partial charge in [0.2, 0.25) is 0 Å². The third-order valence-corrected chi connectivity index (χ3v) is 2.61. The summed E-state index contributed by atoms with van der Waals surface area (Å²) in [5.74, 6) is 0. The van der Waals surface area contributed by atoms with Gasteiger partial charge >= 0.3 is 0 Å². The van der Waals surface area contributed by atoms with Crippen LogP contribution in [0.3, 0.4) is 0 Å². The van der Waals surface area contributed by atoms with E-state index in [2.05, 4.69) is 45.2 Å². The third-order valence-electron chi connectivity index (χ3n) is 1.73. The van der Waals surface area contributed by atoms with Crippen molar-refractivity contribution in [2.45, 2.75) is 45.8 Å². The van der Waals surface area contributed by atoms with E-state index in [4.69, 9.17) is 4.74 Å². The number of ether oxygens (including phenoxy) is 1. The van der Waals surface area contributed by atoms with Crippen LogP contribution in [0.1, 0.15) is 32.6 Å². The first-order chi connectivity index (χ1) is 5.99. The molecular formula is C11H18OS. The van der Waals surface area contributed by atoms with Gasteiger partial charge in [0, 0.05) is 11.3 Å². The summed E-state index contributed by atoms with van der Waals surface area (Å²) in [4.78, 5) is 1.39. The summed E-state index contributed by atoms with van der Waals surface area (Å²) in [6.07, 6.45) is 1.30. The van der Waals surface area contributed by atoms with Gasteiger partial charge in [0.1, 0.15) is 0 Å². The van der Waals surface area contributed by atoms with Crippen LogP contribution < -0.4 is 0 Å². The molecule has 0 bridgehead atoms. The Morgan fingerprint density at radius 2 is 2.15 bits per heavy atom. The van der Waals surface area contributed by atoms with E-state index in [0.29, 0.717) is 6.10 Å². The molecule has 0 fully saturated rings. The van der Waals surface area contributed by atoms with E-state index in [1.807, 2.05) is 0 Å². The van der Waals surface area contributed by atoms with Gasteiger partial charge in [-0.1, -0.05) is 6.07 Å². The van der Waals surface area contributed by atoms with Crippen LogP contribution in [0, 0.1) is 0 Å². The van der Waals surface area contributed by atoms with Crippen molar-refractivity contribution in [2.75, 3.05) is 0 Å². The Hall–Kier alpha value is -0.340. The molecular weight excluding hydrogens is 180 g/mol. The van der Waals surface area contributed by atoms with Crippen LogP contribution in [0.15, 0.2) is 17.5 Å². The topological polar surface area (TPSA) is 9.23 Å². The van der Waals surface area contributed by atoms with E-state index in [1.54, 1.807) is 11.3 Å². The van der Waals surface area contributed by atoms with Crippen molar-refractivity contribution in [3.8, 4) is 0 Å². The van der Waals surface area contributed by atoms with Crippen LogP contribution in [0.25, 0.3) is 0 Å². The van der Waals surface area contributed by atoms with Crippen molar-refractivity contribution >= 4 is 11.3 Å². The van der Waals surface area contributed by atoms with Gasteiger partial charge in [-0.3, -0.25) is 0 Å². The van der Waals surface area contributed by atoms with Gasteiger partial charge in [0.25, 0.3) is 0 Å². The summed E-state index contributed by atoms with van der Waals surface area (Å²) in [6.45, 7) is 8.45. The predicted molar refractivity (Wildman–Crippen MR) is 58.3 cm³/mol. The first-order valence-electron chi connectivity index (χ1n) is 4.70. The minimum atomic E-state index is -0.0426. The molecule has 0 aliphatic rings. The highest BCUT2D eigenvalue weighted by Gasteiger charge is 2.20. The Morgan fingerprint density at radius 3 is 2.62 bits per heavy atom. The Balaban J connectivity index is 2.51. The van der Waals surface area contributed by atoms with Crippen molar-refractivity contribution in [1.29, 1.82) is 0 Å². The van der Waals surface area contributed by atoms with E-state index in [-0.39, 0.29) is 5.60 Å². The number of hydrogen-bond acceptors (Lipinski definition) is 2.